The molecule has 1 saturated carbocycles. The molecule has 3 rings (SSSR count). The number of nitrogens with one attached hydrogen (secondary N) is 1. The number of aromatic nitrogens is 1. The van der Waals surface area contributed by atoms with Crippen LogP contribution >= 0.6 is 11.3 Å². The Morgan fingerprint density at radius 1 is 1.23 bits per heavy atom. The summed E-state index contributed by atoms with van der Waals surface area (Å²) in [6.07, 6.45) is 2.92. The van der Waals surface area contributed by atoms with Crippen molar-refractivity contribution < 1.29 is 19.4 Å². The van der Waals surface area contributed by atoms with Gasteiger partial charge in [0.2, 0.25) is 5.91 Å². The van der Waals surface area contributed by atoms with Crippen LogP contribution < -0.4 is 10.1 Å². The summed E-state index contributed by atoms with van der Waals surface area (Å²) in [6, 6.07) is 7.62. The van der Waals surface area contributed by atoms with Crippen molar-refractivity contribution in [1.82, 2.24) is 4.98 Å². The zero-order valence-corrected chi connectivity index (χ0v) is 15.4. The highest BCUT2D eigenvalue weighted by Gasteiger charge is 2.35. The average Bonchev–Trinajstić information content (AvgIpc) is 3.11. The van der Waals surface area contributed by atoms with Crippen LogP contribution in [0.25, 0.3) is 11.3 Å². The molecule has 2 N–H and O–H groups in total. The maximum atomic E-state index is 12.5. The van der Waals surface area contributed by atoms with Gasteiger partial charge < -0.3 is 15.2 Å². The molecule has 0 spiro atoms. The number of ether oxygens (including phenoxy) is 1. The third-order valence-electron chi connectivity index (χ3n) is 4.62. The van der Waals surface area contributed by atoms with Crippen LogP contribution in [0.2, 0.25) is 0 Å². The number of carboxylic acids is 1. The second-order valence-electron chi connectivity index (χ2n) is 6.32. The lowest BCUT2D eigenvalue weighted by Crippen LogP contribution is -2.36. The number of carbonyl (C=O) groups excluding carboxylic acids is 1. The highest BCUT2D eigenvalue weighted by molar-refractivity contribution is 7.14. The van der Waals surface area contributed by atoms with Crippen LogP contribution in [-0.4, -0.2) is 28.6 Å². The molecule has 26 heavy (non-hydrogen) atoms. The summed E-state index contributed by atoms with van der Waals surface area (Å²) in [7, 11) is 0. The molecule has 0 bridgehead atoms. The van der Waals surface area contributed by atoms with Crippen molar-refractivity contribution in [1.29, 1.82) is 0 Å². The number of nitrogens with zero attached hydrogens (tertiary/aromatic N) is 1. The van der Waals surface area contributed by atoms with Gasteiger partial charge in [-0.2, -0.15) is 0 Å². The third-order valence-corrected chi connectivity index (χ3v) is 5.37. The van der Waals surface area contributed by atoms with Gasteiger partial charge in [0.15, 0.2) is 5.13 Å². The fourth-order valence-electron chi connectivity index (χ4n) is 3.29. The van der Waals surface area contributed by atoms with Gasteiger partial charge in [0, 0.05) is 10.9 Å². The summed E-state index contributed by atoms with van der Waals surface area (Å²) in [5, 5.41) is 14.5. The SMILES string of the molecule is CCOc1ccc(-c2csc(NC(=O)C3CCCCC3C(=O)O)n2)cc1. The van der Waals surface area contributed by atoms with Gasteiger partial charge in [0.1, 0.15) is 5.75 Å². The minimum absolute atomic E-state index is 0.246. The number of hydrogen-bond acceptors (Lipinski definition) is 5. The van der Waals surface area contributed by atoms with Gasteiger partial charge in [-0.15, -0.1) is 11.3 Å². The standard InChI is InChI=1S/C19H22N2O4S/c1-2-25-13-9-7-12(8-10-13)16-11-26-19(20-16)21-17(22)14-5-3-4-6-15(14)18(23)24/h7-11,14-15H,2-6H2,1H3,(H,23,24)(H,20,21,22). The average molecular weight is 374 g/mol. The van der Waals surface area contributed by atoms with Gasteiger partial charge in [-0.05, 0) is 44.0 Å². The van der Waals surface area contributed by atoms with Gasteiger partial charge in [0.05, 0.1) is 24.1 Å². The predicted octanol–water partition coefficient (Wildman–Crippen LogP) is 4.04. The van der Waals surface area contributed by atoms with Crippen LogP contribution in [-0.2, 0) is 9.59 Å². The van der Waals surface area contributed by atoms with E-state index in [0.717, 1.165) is 29.8 Å². The Morgan fingerprint density at radius 3 is 2.58 bits per heavy atom. The van der Waals surface area contributed by atoms with Crippen LogP contribution in [0.1, 0.15) is 32.6 Å². The molecule has 1 aliphatic carbocycles. The van der Waals surface area contributed by atoms with Crippen molar-refractivity contribution in [3.05, 3.63) is 29.6 Å². The molecule has 2 atom stereocenters. The van der Waals surface area contributed by atoms with Crippen molar-refractivity contribution in [2.75, 3.05) is 11.9 Å². The van der Waals surface area contributed by atoms with E-state index in [4.69, 9.17) is 4.74 Å². The molecular formula is C19H22N2O4S. The zero-order valence-electron chi connectivity index (χ0n) is 14.6. The zero-order chi connectivity index (χ0) is 18.5. The topological polar surface area (TPSA) is 88.5 Å². The highest BCUT2D eigenvalue weighted by atomic mass is 32.1. The summed E-state index contributed by atoms with van der Waals surface area (Å²) in [4.78, 5) is 28.4. The summed E-state index contributed by atoms with van der Waals surface area (Å²) in [5.74, 6) is -1.42. The number of hydrogen-bond donors (Lipinski definition) is 2. The Kier molecular flexibility index (Phi) is 5.88. The second-order valence-corrected chi connectivity index (χ2v) is 7.18. The van der Waals surface area contributed by atoms with Crippen LogP contribution in [0.4, 0.5) is 5.13 Å². The van der Waals surface area contributed by atoms with E-state index in [9.17, 15) is 14.7 Å². The lowest BCUT2D eigenvalue weighted by molar-refractivity contribution is -0.147. The molecule has 1 aromatic heterocycles. The van der Waals surface area contributed by atoms with Gasteiger partial charge in [-0.3, -0.25) is 9.59 Å². The number of benzene rings is 1. The van der Waals surface area contributed by atoms with E-state index >= 15 is 0 Å². The molecule has 1 aliphatic rings. The molecule has 1 aromatic carbocycles. The first-order valence-electron chi connectivity index (χ1n) is 8.81. The number of carbonyl (C=O) groups is 2. The number of carboxylic acid groups (broad SMARTS) is 1. The quantitative estimate of drug-likeness (QED) is 0.797. The van der Waals surface area contributed by atoms with E-state index < -0.39 is 17.8 Å². The number of aliphatic carboxylic acids is 1. The van der Waals surface area contributed by atoms with Crippen molar-refractivity contribution in [3.63, 3.8) is 0 Å². The Hall–Kier alpha value is -2.41. The Bertz CT molecular complexity index is 772. The number of thiazole rings is 1. The first-order chi connectivity index (χ1) is 12.6. The molecule has 2 unspecified atom stereocenters. The summed E-state index contributed by atoms with van der Waals surface area (Å²) < 4.78 is 5.43. The van der Waals surface area contributed by atoms with Gasteiger partial charge >= 0.3 is 5.97 Å². The molecule has 0 saturated heterocycles. The molecule has 0 aliphatic heterocycles. The van der Waals surface area contributed by atoms with Crippen molar-refractivity contribution in [3.8, 4) is 17.0 Å². The van der Waals surface area contributed by atoms with Crippen LogP contribution in [0.5, 0.6) is 5.75 Å². The summed E-state index contributed by atoms with van der Waals surface area (Å²) >= 11 is 1.34. The van der Waals surface area contributed by atoms with Crippen LogP contribution in [0.3, 0.4) is 0 Å². The summed E-state index contributed by atoms with van der Waals surface area (Å²) in [5.41, 5.74) is 1.71. The van der Waals surface area contributed by atoms with E-state index in [-0.39, 0.29) is 5.91 Å². The molecule has 1 amide bonds. The van der Waals surface area contributed by atoms with Crippen molar-refractivity contribution in [2.45, 2.75) is 32.6 Å². The van der Waals surface area contributed by atoms with E-state index in [1.54, 1.807) is 0 Å². The maximum absolute atomic E-state index is 12.5. The number of anilines is 1. The molecular weight excluding hydrogens is 352 g/mol. The Morgan fingerprint density at radius 2 is 1.92 bits per heavy atom. The van der Waals surface area contributed by atoms with Crippen molar-refractivity contribution in [2.24, 2.45) is 11.8 Å². The Balaban J connectivity index is 1.67. The number of rotatable bonds is 6. The molecule has 138 valence electrons. The van der Waals surface area contributed by atoms with Crippen molar-refractivity contribution >= 4 is 28.3 Å². The number of amides is 1. The molecule has 0 radical (unpaired) electrons. The van der Waals surface area contributed by atoms with E-state index in [1.165, 1.54) is 11.3 Å². The molecule has 7 heteroatoms. The normalized spacial score (nSPS) is 19.7. The second kappa shape index (κ2) is 8.31. The lowest BCUT2D eigenvalue weighted by Gasteiger charge is -2.26. The highest BCUT2D eigenvalue weighted by Crippen LogP contribution is 2.32. The van der Waals surface area contributed by atoms with Crippen LogP contribution in [0, 0.1) is 11.8 Å². The minimum atomic E-state index is -0.890. The third kappa shape index (κ3) is 4.22. The molecule has 1 fully saturated rings. The lowest BCUT2D eigenvalue weighted by atomic mass is 9.79. The molecule has 1 heterocycles. The first-order valence-corrected chi connectivity index (χ1v) is 9.69. The first kappa shape index (κ1) is 18.4. The van der Waals surface area contributed by atoms with Gasteiger partial charge in [-0.25, -0.2) is 4.98 Å². The van der Waals surface area contributed by atoms with Gasteiger partial charge in [0.25, 0.3) is 0 Å². The monoisotopic (exact) mass is 374 g/mol. The van der Waals surface area contributed by atoms with E-state index in [0.29, 0.717) is 24.6 Å². The maximum Gasteiger partial charge on any atom is 0.307 e. The van der Waals surface area contributed by atoms with Gasteiger partial charge in [-0.1, -0.05) is 12.8 Å². The van der Waals surface area contributed by atoms with E-state index in [1.807, 2.05) is 36.6 Å². The largest absolute Gasteiger partial charge is 0.494 e. The Labute approximate surface area is 156 Å². The smallest absolute Gasteiger partial charge is 0.307 e. The summed E-state index contributed by atoms with van der Waals surface area (Å²) in [6.45, 7) is 2.55. The fourth-order valence-corrected chi connectivity index (χ4v) is 4.01. The molecule has 2 aromatic rings. The predicted molar refractivity (Wildman–Crippen MR) is 100 cm³/mol. The molecule has 6 nitrogen and oxygen atoms in total. The van der Waals surface area contributed by atoms with E-state index in [2.05, 4.69) is 10.3 Å². The minimum Gasteiger partial charge on any atom is -0.494 e. The fraction of sp³-hybridized carbons (Fsp3) is 0.421. The van der Waals surface area contributed by atoms with Crippen LogP contribution in [0.15, 0.2) is 29.6 Å².